The number of hydrogen-bond acceptors (Lipinski definition) is 8. The van der Waals surface area contributed by atoms with Crippen LogP contribution in [0.15, 0.2) is 15.6 Å². The molecule has 0 spiro atoms. The van der Waals surface area contributed by atoms with Gasteiger partial charge >= 0.3 is 18.2 Å². The second-order valence-corrected chi connectivity index (χ2v) is 10.8. The van der Waals surface area contributed by atoms with E-state index < -0.39 is 35.0 Å². The number of ether oxygens (including phenoxy) is 4. The van der Waals surface area contributed by atoms with Crippen LogP contribution in [0.5, 0.6) is 0 Å². The molecule has 0 fully saturated rings. The molecule has 0 unspecified atom stereocenters. The molecule has 0 saturated heterocycles. The third kappa shape index (κ3) is 6.72. The second-order valence-electron chi connectivity index (χ2n) is 9.99. The van der Waals surface area contributed by atoms with Crippen molar-refractivity contribution in [2.75, 3.05) is 6.61 Å². The largest absolute Gasteiger partial charge is 0.500 e. The lowest BCUT2D eigenvalue weighted by molar-refractivity contribution is -0.0638. The molecule has 9 nitrogen and oxygen atoms in total. The summed E-state index contributed by atoms with van der Waals surface area (Å²) in [5.74, 6) is 0. The molecule has 2 heterocycles. The number of rotatable bonds is 0. The molecule has 30 heavy (non-hydrogen) atoms. The summed E-state index contributed by atoms with van der Waals surface area (Å²) in [6.07, 6.45) is 0.506. The van der Waals surface area contributed by atoms with Crippen molar-refractivity contribution in [3.05, 3.63) is 11.2 Å². The fraction of sp³-hybridized carbons (Fsp3) is 0.750. The van der Waals surface area contributed by atoms with E-state index in [1.54, 1.807) is 47.8 Å². The van der Waals surface area contributed by atoms with Gasteiger partial charge in [-0.1, -0.05) is 0 Å². The van der Waals surface area contributed by atoms with E-state index in [0.717, 1.165) is 17.0 Å². The highest BCUT2D eigenvalue weighted by atomic mass is 32.2. The van der Waals surface area contributed by atoms with Crippen LogP contribution in [0.1, 0.15) is 68.7 Å². The van der Waals surface area contributed by atoms with E-state index in [-0.39, 0.29) is 6.02 Å². The van der Waals surface area contributed by atoms with Gasteiger partial charge in [0.1, 0.15) is 16.8 Å². The van der Waals surface area contributed by atoms with Crippen molar-refractivity contribution < 1.29 is 28.5 Å². The zero-order chi connectivity index (χ0) is 22.9. The molecule has 2 rings (SSSR count). The lowest BCUT2D eigenvalue weighted by Crippen LogP contribution is -2.60. The molecule has 2 aliphatic rings. The van der Waals surface area contributed by atoms with Crippen molar-refractivity contribution in [1.82, 2.24) is 10.0 Å². The van der Waals surface area contributed by atoms with Gasteiger partial charge in [0.15, 0.2) is 0 Å². The summed E-state index contributed by atoms with van der Waals surface area (Å²) in [7, 11) is 0. The van der Waals surface area contributed by atoms with Gasteiger partial charge in [0.25, 0.3) is 0 Å². The number of nitrogens with zero attached hydrogens (tertiary/aromatic N) is 3. The average Bonchev–Trinajstić information content (AvgIpc) is 2.67. The summed E-state index contributed by atoms with van der Waals surface area (Å²) in [4.78, 5) is 27.2. The summed E-state index contributed by atoms with van der Waals surface area (Å²) in [5.41, 5.74) is -2.25. The van der Waals surface area contributed by atoms with Crippen molar-refractivity contribution in [3.63, 3.8) is 0 Å². The molecule has 0 N–H and O–H groups in total. The molecular weight excluding hydrogens is 410 g/mol. The van der Waals surface area contributed by atoms with Crippen LogP contribution in [-0.2, 0) is 18.9 Å². The Labute approximate surface area is 182 Å². The molecule has 0 radical (unpaired) electrons. The van der Waals surface area contributed by atoms with Crippen LogP contribution in [0.3, 0.4) is 0 Å². The number of hydrogen-bond donors (Lipinski definition) is 0. The first-order valence-corrected chi connectivity index (χ1v) is 10.7. The molecule has 0 aromatic carbocycles. The van der Waals surface area contributed by atoms with Gasteiger partial charge in [-0.25, -0.2) is 9.59 Å². The van der Waals surface area contributed by atoms with Gasteiger partial charge in [-0.2, -0.15) is 9.41 Å². The van der Waals surface area contributed by atoms with E-state index in [1.165, 1.54) is 5.01 Å². The summed E-state index contributed by atoms with van der Waals surface area (Å²) < 4.78 is 27.0. The number of carbonyl (C=O) groups is 2. The van der Waals surface area contributed by atoms with E-state index in [0.29, 0.717) is 17.9 Å². The van der Waals surface area contributed by atoms with Crippen LogP contribution in [-0.4, -0.2) is 57.7 Å². The van der Waals surface area contributed by atoms with Crippen LogP contribution >= 0.6 is 11.9 Å². The predicted octanol–water partition coefficient (Wildman–Crippen LogP) is 4.84. The van der Waals surface area contributed by atoms with Crippen molar-refractivity contribution in [1.29, 1.82) is 0 Å². The minimum absolute atomic E-state index is 0.0668. The van der Waals surface area contributed by atoms with Gasteiger partial charge in [0.2, 0.25) is 0 Å². The first-order valence-electron chi connectivity index (χ1n) is 9.88. The first-order chi connectivity index (χ1) is 13.6. The summed E-state index contributed by atoms with van der Waals surface area (Å²) >= 11 is 1.10. The zero-order valence-corrected chi connectivity index (χ0v) is 20.1. The topological polar surface area (TPSA) is 89.9 Å². The van der Waals surface area contributed by atoms with Crippen LogP contribution in [0.25, 0.3) is 0 Å². The minimum Gasteiger partial charge on any atom is -0.500 e. The number of hydrazine groups is 1. The van der Waals surface area contributed by atoms with E-state index >= 15 is 0 Å². The highest BCUT2D eigenvalue weighted by Gasteiger charge is 2.46. The minimum atomic E-state index is -0.794. The van der Waals surface area contributed by atoms with Gasteiger partial charge in [0.05, 0.1) is 23.8 Å². The fourth-order valence-electron chi connectivity index (χ4n) is 2.55. The lowest BCUT2D eigenvalue weighted by Gasteiger charge is -2.40. The van der Waals surface area contributed by atoms with Crippen molar-refractivity contribution in [3.8, 4) is 0 Å². The van der Waals surface area contributed by atoms with E-state index in [2.05, 4.69) is 4.40 Å². The summed E-state index contributed by atoms with van der Waals surface area (Å²) in [6.45, 7) is 16.4. The highest BCUT2D eigenvalue weighted by molar-refractivity contribution is 8.02. The first kappa shape index (κ1) is 24.2. The third-order valence-electron chi connectivity index (χ3n) is 3.50. The maximum Gasteiger partial charge on any atom is 0.438 e. The Morgan fingerprint density at radius 2 is 1.57 bits per heavy atom. The van der Waals surface area contributed by atoms with Crippen LogP contribution in [0, 0.1) is 0 Å². The SMILES string of the molecule is CC(C)(C)OC(=O)N1C(OC(C)(C)C)=NSC2=COCC[C@@H]2N1C(=O)OC(C)(C)C. The van der Waals surface area contributed by atoms with Crippen molar-refractivity contribution in [2.45, 2.75) is 91.6 Å². The normalized spacial score (nSPS) is 20.2. The predicted molar refractivity (Wildman–Crippen MR) is 114 cm³/mol. The number of amidine groups is 1. The molecular formula is C20H33N3O6S. The monoisotopic (exact) mass is 443 g/mol. The molecule has 0 aromatic heterocycles. The molecule has 0 aromatic rings. The van der Waals surface area contributed by atoms with Gasteiger partial charge in [-0.3, -0.25) is 0 Å². The molecule has 170 valence electrons. The molecule has 10 heteroatoms. The molecule has 2 amide bonds. The Hall–Kier alpha value is -2.10. The highest BCUT2D eigenvalue weighted by Crippen LogP contribution is 2.36. The molecule has 0 aliphatic carbocycles. The van der Waals surface area contributed by atoms with Crippen LogP contribution in [0.2, 0.25) is 0 Å². The number of carbonyl (C=O) groups excluding carboxylic acids is 2. The number of fused-ring (bicyclic) bond motifs is 1. The third-order valence-corrected chi connectivity index (χ3v) is 4.33. The van der Waals surface area contributed by atoms with E-state index in [9.17, 15) is 9.59 Å². The summed E-state index contributed by atoms with van der Waals surface area (Å²) in [5, 5.41) is 2.26. The van der Waals surface area contributed by atoms with Crippen molar-refractivity contribution >= 4 is 30.2 Å². The Morgan fingerprint density at radius 1 is 1.00 bits per heavy atom. The standard InChI is InChI=1S/C20H33N3O6S/c1-18(2,3)27-15-21-30-14-12-26-11-10-13(14)22(16(24)28-19(4,5)6)23(15)17(25)29-20(7,8)9/h12-13H,10-11H2,1-9H3/t13-/m0/s1. The maximum absolute atomic E-state index is 13.3. The van der Waals surface area contributed by atoms with Crippen LogP contribution < -0.4 is 0 Å². The van der Waals surface area contributed by atoms with Gasteiger partial charge in [-0.05, 0) is 62.3 Å². The Balaban J connectivity index is 2.58. The Morgan fingerprint density at radius 3 is 2.10 bits per heavy atom. The smallest absolute Gasteiger partial charge is 0.438 e. The second kappa shape index (κ2) is 8.56. The van der Waals surface area contributed by atoms with E-state index in [1.807, 2.05) is 20.8 Å². The summed E-state index contributed by atoms with van der Waals surface area (Å²) in [6, 6.07) is -0.584. The van der Waals surface area contributed by atoms with E-state index in [4.69, 9.17) is 18.9 Å². The fourth-order valence-corrected chi connectivity index (χ4v) is 3.30. The molecule has 1 atom stereocenters. The lowest BCUT2D eigenvalue weighted by atomic mass is 10.1. The average molecular weight is 444 g/mol. The Kier molecular flexibility index (Phi) is 6.90. The van der Waals surface area contributed by atoms with Crippen molar-refractivity contribution in [2.24, 2.45) is 4.40 Å². The molecule has 0 bridgehead atoms. The van der Waals surface area contributed by atoms with Gasteiger partial charge in [0, 0.05) is 18.4 Å². The quantitative estimate of drug-likeness (QED) is 0.495. The van der Waals surface area contributed by atoms with Crippen LogP contribution in [0.4, 0.5) is 9.59 Å². The zero-order valence-electron chi connectivity index (χ0n) is 19.3. The number of amides is 2. The maximum atomic E-state index is 13.3. The molecule has 0 saturated carbocycles. The van der Waals surface area contributed by atoms with Gasteiger partial charge in [-0.15, -0.1) is 5.01 Å². The molecule has 2 aliphatic heterocycles. The Bertz CT molecular complexity index is 730. The van der Waals surface area contributed by atoms with Gasteiger partial charge < -0.3 is 18.9 Å².